The summed E-state index contributed by atoms with van der Waals surface area (Å²) in [6, 6.07) is 7.32. The minimum Gasteiger partial charge on any atom is -0.334 e. The predicted molar refractivity (Wildman–Crippen MR) is 60.8 cm³/mol. The summed E-state index contributed by atoms with van der Waals surface area (Å²) < 4.78 is 5.20. The van der Waals surface area contributed by atoms with Gasteiger partial charge in [-0.1, -0.05) is 5.16 Å². The molecule has 3 rings (SSSR count). The Morgan fingerprint density at radius 2 is 1.35 bits per heavy atom. The minimum absolute atomic E-state index is 0.485. The smallest absolute Gasteiger partial charge is 0.258 e. The first-order chi connectivity index (χ1) is 8.43. The van der Waals surface area contributed by atoms with Crippen LogP contribution in [0.5, 0.6) is 0 Å². The highest BCUT2D eigenvalue weighted by Crippen LogP contribution is 2.20. The van der Waals surface area contributed by atoms with Gasteiger partial charge in [0.25, 0.3) is 5.89 Å². The van der Waals surface area contributed by atoms with E-state index >= 15 is 0 Å². The van der Waals surface area contributed by atoms with Crippen LogP contribution in [0, 0.1) is 0 Å². The Labute approximate surface area is 97.2 Å². The standard InChI is InChI=1S/C12H8N4O/c1-5-13-6-2-9(1)11-15-12(17-16-11)10-3-7-14-8-4-10/h1-8H. The third kappa shape index (κ3) is 1.90. The maximum Gasteiger partial charge on any atom is 0.258 e. The van der Waals surface area contributed by atoms with Crippen molar-refractivity contribution in [1.29, 1.82) is 0 Å². The molecule has 0 radical (unpaired) electrons. The molecule has 0 saturated carbocycles. The Hall–Kier alpha value is -2.56. The Morgan fingerprint density at radius 1 is 0.765 bits per heavy atom. The number of hydrogen-bond donors (Lipinski definition) is 0. The molecule has 3 heterocycles. The third-order valence-electron chi connectivity index (χ3n) is 2.29. The van der Waals surface area contributed by atoms with E-state index in [9.17, 15) is 0 Å². The number of hydrogen-bond acceptors (Lipinski definition) is 5. The lowest BCUT2D eigenvalue weighted by atomic mass is 10.2. The molecule has 0 unspecified atom stereocenters. The van der Waals surface area contributed by atoms with Gasteiger partial charge in [0.05, 0.1) is 0 Å². The molecular formula is C12H8N4O. The topological polar surface area (TPSA) is 64.7 Å². The first kappa shape index (κ1) is 9.65. The summed E-state index contributed by atoms with van der Waals surface area (Å²) >= 11 is 0. The lowest BCUT2D eigenvalue weighted by molar-refractivity contribution is 0.432. The molecule has 5 nitrogen and oxygen atoms in total. The van der Waals surface area contributed by atoms with Gasteiger partial charge in [0.15, 0.2) is 0 Å². The lowest BCUT2D eigenvalue weighted by Crippen LogP contribution is -1.81. The highest BCUT2D eigenvalue weighted by atomic mass is 16.5. The van der Waals surface area contributed by atoms with Crippen LogP contribution in [0.15, 0.2) is 53.6 Å². The second-order valence-electron chi connectivity index (χ2n) is 3.39. The molecule has 5 heteroatoms. The van der Waals surface area contributed by atoms with E-state index in [1.807, 2.05) is 24.3 Å². The Kier molecular flexibility index (Phi) is 2.34. The molecule has 0 amide bonds. The SMILES string of the molecule is c1cc(-c2noc(-c3ccncc3)n2)ccn1. The Balaban J connectivity index is 1.99. The van der Waals surface area contributed by atoms with Crippen LogP contribution in [0.4, 0.5) is 0 Å². The molecule has 0 spiro atoms. The van der Waals surface area contributed by atoms with E-state index in [1.165, 1.54) is 0 Å². The van der Waals surface area contributed by atoms with Crippen molar-refractivity contribution < 1.29 is 4.52 Å². The van der Waals surface area contributed by atoms with Gasteiger partial charge in [-0.05, 0) is 24.3 Å². The molecule has 0 aliphatic carbocycles. The van der Waals surface area contributed by atoms with Gasteiger partial charge < -0.3 is 4.52 Å². The van der Waals surface area contributed by atoms with Crippen molar-refractivity contribution in [3.63, 3.8) is 0 Å². The summed E-state index contributed by atoms with van der Waals surface area (Å²) in [5.74, 6) is 1.04. The molecule has 82 valence electrons. The molecule has 0 saturated heterocycles. The van der Waals surface area contributed by atoms with Gasteiger partial charge in [-0.3, -0.25) is 9.97 Å². The summed E-state index contributed by atoms with van der Waals surface area (Å²) in [4.78, 5) is 12.2. The van der Waals surface area contributed by atoms with Crippen LogP contribution in [-0.2, 0) is 0 Å². The van der Waals surface area contributed by atoms with Gasteiger partial charge in [0.1, 0.15) is 0 Å². The number of rotatable bonds is 2. The van der Waals surface area contributed by atoms with Crippen LogP contribution in [-0.4, -0.2) is 20.1 Å². The lowest BCUT2D eigenvalue weighted by Gasteiger charge is -1.91. The van der Waals surface area contributed by atoms with E-state index in [1.54, 1.807) is 24.8 Å². The summed E-state index contributed by atoms with van der Waals surface area (Å²) in [7, 11) is 0. The zero-order valence-electron chi connectivity index (χ0n) is 8.82. The quantitative estimate of drug-likeness (QED) is 0.667. The van der Waals surface area contributed by atoms with E-state index in [4.69, 9.17) is 4.52 Å². The number of nitrogens with zero attached hydrogens (tertiary/aromatic N) is 4. The van der Waals surface area contributed by atoms with Crippen molar-refractivity contribution in [1.82, 2.24) is 20.1 Å². The molecule has 0 aromatic carbocycles. The third-order valence-corrected chi connectivity index (χ3v) is 2.29. The van der Waals surface area contributed by atoms with Crippen molar-refractivity contribution in [2.24, 2.45) is 0 Å². The van der Waals surface area contributed by atoms with E-state index in [0.29, 0.717) is 11.7 Å². The molecule has 0 fully saturated rings. The van der Waals surface area contributed by atoms with Crippen LogP contribution < -0.4 is 0 Å². The zero-order valence-corrected chi connectivity index (χ0v) is 8.82. The average Bonchev–Trinajstić information content (AvgIpc) is 2.90. The van der Waals surface area contributed by atoms with Crippen LogP contribution in [0.25, 0.3) is 22.8 Å². The molecule has 3 aromatic heterocycles. The fourth-order valence-electron chi connectivity index (χ4n) is 1.45. The molecule has 0 atom stereocenters. The van der Waals surface area contributed by atoms with Crippen molar-refractivity contribution in [2.45, 2.75) is 0 Å². The minimum atomic E-state index is 0.485. The second kappa shape index (κ2) is 4.13. The number of aromatic nitrogens is 4. The first-order valence-corrected chi connectivity index (χ1v) is 5.08. The summed E-state index contributed by atoms with van der Waals surface area (Å²) in [6.45, 7) is 0. The highest BCUT2D eigenvalue weighted by molar-refractivity contribution is 5.58. The van der Waals surface area contributed by atoms with E-state index in [0.717, 1.165) is 11.1 Å². The molecule has 0 aliphatic rings. The first-order valence-electron chi connectivity index (χ1n) is 5.08. The van der Waals surface area contributed by atoms with E-state index in [-0.39, 0.29) is 0 Å². The fourth-order valence-corrected chi connectivity index (χ4v) is 1.45. The summed E-state index contributed by atoms with van der Waals surface area (Å²) in [6.07, 6.45) is 6.76. The zero-order chi connectivity index (χ0) is 11.5. The van der Waals surface area contributed by atoms with Gasteiger partial charge in [-0.2, -0.15) is 4.98 Å². The molecule has 0 bridgehead atoms. The maximum atomic E-state index is 5.20. The van der Waals surface area contributed by atoms with Crippen LogP contribution in [0.3, 0.4) is 0 Å². The molecule has 0 N–H and O–H groups in total. The van der Waals surface area contributed by atoms with E-state index < -0.39 is 0 Å². The van der Waals surface area contributed by atoms with Gasteiger partial charge in [-0.25, -0.2) is 0 Å². The van der Waals surface area contributed by atoms with E-state index in [2.05, 4.69) is 20.1 Å². The van der Waals surface area contributed by atoms with Gasteiger partial charge in [0.2, 0.25) is 5.82 Å². The van der Waals surface area contributed by atoms with Gasteiger partial charge in [-0.15, -0.1) is 0 Å². The van der Waals surface area contributed by atoms with Crippen molar-refractivity contribution in [2.75, 3.05) is 0 Å². The highest BCUT2D eigenvalue weighted by Gasteiger charge is 2.09. The Bertz CT molecular complexity index is 553. The van der Waals surface area contributed by atoms with Crippen LogP contribution in [0.1, 0.15) is 0 Å². The van der Waals surface area contributed by atoms with Crippen molar-refractivity contribution >= 4 is 0 Å². The Morgan fingerprint density at radius 3 is 2.00 bits per heavy atom. The monoisotopic (exact) mass is 224 g/mol. The van der Waals surface area contributed by atoms with Gasteiger partial charge in [0, 0.05) is 35.9 Å². The largest absolute Gasteiger partial charge is 0.334 e. The predicted octanol–water partition coefficient (Wildman–Crippen LogP) is 2.19. The molecule has 0 aliphatic heterocycles. The van der Waals surface area contributed by atoms with Gasteiger partial charge >= 0.3 is 0 Å². The molecule has 3 aromatic rings. The van der Waals surface area contributed by atoms with Crippen molar-refractivity contribution in [3.05, 3.63) is 49.1 Å². The number of pyridine rings is 2. The van der Waals surface area contributed by atoms with Crippen LogP contribution in [0.2, 0.25) is 0 Å². The maximum absolute atomic E-state index is 5.20. The molecular weight excluding hydrogens is 216 g/mol. The normalized spacial score (nSPS) is 10.4. The van der Waals surface area contributed by atoms with Crippen LogP contribution >= 0.6 is 0 Å². The van der Waals surface area contributed by atoms with Crippen molar-refractivity contribution in [3.8, 4) is 22.8 Å². The second-order valence-corrected chi connectivity index (χ2v) is 3.39. The molecule has 17 heavy (non-hydrogen) atoms. The fraction of sp³-hybridized carbons (Fsp3) is 0. The average molecular weight is 224 g/mol. The summed E-state index contributed by atoms with van der Waals surface area (Å²) in [5.41, 5.74) is 1.73. The summed E-state index contributed by atoms with van der Waals surface area (Å²) in [5, 5.41) is 3.93.